The Bertz CT molecular complexity index is 721. The third-order valence-electron chi connectivity index (χ3n) is 5.29. The first-order valence-corrected chi connectivity index (χ1v) is 11.4. The molecule has 2 N–H and O–H groups in total. The average molecular weight is 445 g/mol. The van der Waals surface area contributed by atoms with Gasteiger partial charge in [-0.3, -0.25) is 0 Å². The second-order valence-corrected chi connectivity index (χ2v) is 6.94. The SMILES string of the molecule is CCN(CC)CC.CCN(CC)CC.O=C(O)c1ccccc1-c1ccccc1C(=O)O. The summed E-state index contributed by atoms with van der Waals surface area (Å²) in [6.07, 6.45) is 0. The van der Waals surface area contributed by atoms with Crippen LogP contribution in [0.2, 0.25) is 0 Å². The van der Waals surface area contributed by atoms with Gasteiger partial charge in [-0.25, -0.2) is 9.59 Å². The number of benzene rings is 2. The van der Waals surface area contributed by atoms with Gasteiger partial charge < -0.3 is 20.0 Å². The molecule has 2 aromatic carbocycles. The van der Waals surface area contributed by atoms with Crippen molar-refractivity contribution in [2.75, 3.05) is 39.3 Å². The molecule has 2 rings (SSSR count). The summed E-state index contributed by atoms with van der Waals surface area (Å²) in [5.74, 6) is -2.16. The van der Waals surface area contributed by atoms with Crippen molar-refractivity contribution < 1.29 is 19.8 Å². The number of carboxylic acid groups (broad SMARTS) is 2. The van der Waals surface area contributed by atoms with Gasteiger partial charge in [0.05, 0.1) is 11.1 Å². The van der Waals surface area contributed by atoms with Crippen molar-refractivity contribution in [2.45, 2.75) is 41.5 Å². The van der Waals surface area contributed by atoms with E-state index in [-0.39, 0.29) is 11.1 Å². The van der Waals surface area contributed by atoms with Gasteiger partial charge in [-0.1, -0.05) is 77.9 Å². The summed E-state index contributed by atoms with van der Waals surface area (Å²) in [7, 11) is 0. The standard InChI is InChI=1S/C14H10O4.2C6H15N/c15-13(16)11-7-3-1-5-9(11)10-6-2-4-8-12(10)14(17)18;2*1-4-7(5-2)6-3/h1-8H,(H,15,16)(H,17,18);2*4-6H2,1-3H3. The van der Waals surface area contributed by atoms with Crippen molar-refractivity contribution in [1.82, 2.24) is 9.80 Å². The van der Waals surface area contributed by atoms with Crippen LogP contribution >= 0.6 is 0 Å². The maximum Gasteiger partial charge on any atom is 0.336 e. The van der Waals surface area contributed by atoms with E-state index in [0.29, 0.717) is 11.1 Å². The lowest BCUT2D eigenvalue weighted by Crippen LogP contribution is -2.21. The Hall–Kier alpha value is -2.70. The molecule has 6 nitrogen and oxygen atoms in total. The molecule has 0 fully saturated rings. The van der Waals surface area contributed by atoms with Crippen LogP contribution in [-0.2, 0) is 0 Å². The molecular formula is C26H40N2O4. The van der Waals surface area contributed by atoms with Gasteiger partial charge in [0, 0.05) is 0 Å². The van der Waals surface area contributed by atoms with Crippen molar-refractivity contribution >= 4 is 11.9 Å². The van der Waals surface area contributed by atoms with Gasteiger partial charge in [0.15, 0.2) is 0 Å². The minimum atomic E-state index is -1.08. The van der Waals surface area contributed by atoms with Crippen molar-refractivity contribution in [3.63, 3.8) is 0 Å². The molecule has 0 aromatic heterocycles. The highest BCUT2D eigenvalue weighted by Crippen LogP contribution is 2.27. The van der Waals surface area contributed by atoms with Gasteiger partial charge in [0.1, 0.15) is 0 Å². The van der Waals surface area contributed by atoms with Crippen LogP contribution in [0, 0.1) is 0 Å². The Morgan fingerprint density at radius 2 is 0.812 bits per heavy atom. The van der Waals surface area contributed by atoms with Crippen LogP contribution in [0.5, 0.6) is 0 Å². The van der Waals surface area contributed by atoms with E-state index in [1.807, 2.05) is 0 Å². The normalized spacial score (nSPS) is 10.1. The molecule has 2 aromatic rings. The maximum atomic E-state index is 11.1. The van der Waals surface area contributed by atoms with Gasteiger partial charge in [-0.05, 0) is 62.5 Å². The van der Waals surface area contributed by atoms with Crippen LogP contribution in [0.15, 0.2) is 48.5 Å². The summed E-state index contributed by atoms with van der Waals surface area (Å²) in [6, 6.07) is 12.7. The van der Waals surface area contributed by atoms with Crippen molar-refractivity contribution in [3.05, 3.63) is 59.7 Å². The van der Waals surface area contributed by atoms with Crippen molar-refractivity contribution in [1.29, 1.82) is 0 Å². The van der Waals surface area contributed by atoms with Crippen LogP contribution in [0.25, 0.3) is 11.1 Å². The predicted octanol–water partition coefficient (Wildman–Crippen LogP) is 5.45. The zero-order chi connectivity index (χ0) is 24.5. The van der Waals surface area contributed by atoms with E-state index in [1.54, 1.807) is 36.4 Å². The highest BCUT2D eigenvalue weighted by Gasteiger charge is 2.16. The number of rotatable bonds is 9. The highest BCUT2D eigenvalue weighted by atomic mass is 16.4. The fourth-order valence-corrected chi connectivity index (χ4v) is 3.15. The molecule has 32 heavy (non-hydrogen) atoms. The Balaban J connectivity index is 0.000000570. The van der Waals surface area contributed by atoms with Crippen LogP contribution in [0.4, 0.5) is 0 Å². The third-order valence-corrected chi connectivity index (χ3v) is 5.29. The molecule has 6 heteroatoms. The van der Waals surface area contributed by atoms with Gasteiger partial charge in [-0.15, -0.1) is 0 Å². The first-order chi connectivity index (χ1) is 15.3. The van der Waals surface area contributed by atoms with Crippen LogP contribution < -0.4 is 0 Å². The molecular weight excluding hydrogens is 404 g/mol. The molecule has 0 saturated carbocycles. The summed E-state index contributed by atoms with van der Waals surface area (Å²) in [4.78, 5) is 27.0. The largest absolute Gasteiger partial charge is 0.478 e. The van der Waals surface area contributed by atoms with Gasteiger partial charge >= 0.3 is 11.9 Å². The highest BCUT2D eigenvalue weighted by molar-refractivity contribution is 6.02. The first-order valence-electron chi connectivity index (χ1n) is 11.4. The van der Waals surface area contributed by atoms with Crippen molar-refractivity contribution in [2.24, 2.45) is 0 Å². The number of hydrogen-bond donors (Lipinski definition) is 2. The van der Waals surface area contributed by atoms with E-state index in [0.717, 1.165) is 0 Å². The van der Waals surface area contributed by atoms with E-state index in [1.165, 1.54) is 51.4 Å². The van der Waals surface area contributed by atoms with E-state index < -0.39 is 11.9 Å². The molecule has 0 amide bonds. The third kappa shape index (κ3) is 10.1. The Morgan fingerprint density at radius 3 is 1.00 bits per heavy atom. The Labute approximate surface area is 193 Å². The second kappa shape index (κ2) is 16.9. The first kappa shape index (κ1) is 29.3. The lowest BCUT2D eigenvalue weighted by atomic mass is 9.95. The second-order valence-electron chi connectivity index (χ2n) is 6.94. The molecule has 0 radical (unpaired) electrons. The van der Waals surface area contributed by atoms with Crippen LogP contribution in [0.3, 0.4) is 0 Å². The molecule has 0 aliphatic carbocycles. The van der Waals surface area contributed by atoms with Gasteiger partial charge in [-0.2, -0.15) is 0 Å². The zero-order valence-corrected chi connectivity index (χ0v) is 20.5. The van der Waals surface area contributed by atoms with E-state index in [9.17, 15) is 9.59 Å². The summed E-state index contributed by atoms with van der Waals surface area (Å²) >= 11 is 0. The quantitative estimate of drug-likeness (QED) is 0.535. The van der Waals surface area contributed by atoms with E-state index >= 15 is 0 Å². The smallest absolute Gasteiger partial charge is 0.336 e. The van der Waals surface area contributed by atoms with Crippen LogP contribution in [-0.4, -0.2) is 71.2 Å². The molecule has 178 valence electrons. The van der Waals surface area contributed by atoms with Gasteiger partial charge in [0.2, 0.25) is 0 Å². The zero-order valence-electron chi connectivity index (χ0n) is 20.5. The number of nitrogens with zero attached hydrogens (tertiary/aromatic N) is 2. The van der Waals surface area contributed by atoms with E-state index in [2.05, 4.69) is 51.3 Å². The lowest BCUT2D eigenvalue weighted by molar-refractivity contribution is 0.0684. The predicted molar refractivity (Wildman–Crippen MR) is 133 cm³/mol. The summed E-state index contributed by atoms with van der Waals surface area (Å²) in [5, 5.41) is 18.2. The van der Waals surface area contributed by atoms with Crippen LogP contribution in [0.1, 0.15) is 62.3 Å². The van der Waals surface area contributed by atoms with E-state index in [4.69, 9.17) is 10.2 Å². The average Bonchev–Trinajstić information content (AvgIpc) is 2.82. The van der Waals surface area contributed by atoms with Crippen molar-refractivity contribution in [3.8, 4) is 11.1 Å². The molecule has 0 spiro atoms. The minimum Gasteiger partial charge on any atom is -0.478 e. The summed E-state index contributed by atoms with van der Waals surface area (Å²) in [6.45, 7) is 20.2. The summed E-state index contributed by atoms with van der Waals surface area (Å²) in [5.41, 5.74) is 0.989. The molecule has 0 bridgehead atoms. The molecule has 0 atom stereocenters. The molecule has 0 unspecified atom stereocenters. The fraction of sp³-hybridized carbons (Fsp3) is 0.462. The molecule has 0 aliphatic rings. The maximum absolute atomic E-state index is 11.1. The minimum absolute atomic E-state index is 0.0891. The molecule has 0 heterocycles. The lowest BCUT2D eigenvalue weighted by Gasteiger charge is -2.13. The molecule has 0 aliphatic heterocycles. The summed E-state index contributed by atoms with van der Waals surface area (Å²) < 4.78 is 0. The van der Waals surface area contributed by atoms with Gasteiger partial charge in [0.25, 0.3) is 0 Å². The number of hydrogen-bond acceptors (Lipinski definition) is 4. The number of aromatic carboxylic acids is 2. The fourth-order valence-electron chi connectivity index (χ4n) is 3.15. The monoisotopic (exact) mass is 444 g/mol. The number of carbonyl (C=O) groups is 2. The molecule has 0 saturated heterocycles. The Morgan fingerprint density at radius 1 is 0.562 bits per heavy atom. The topological polar surface area (TPSA) is 81.1 Å². The number of carboxylic acids is 2. The Kier molecular flexibility index (Phi) is 15.5.